The Kier molecular flexibility index (Phi) is 6.27. The van der Waals surface area contributed by atoms with Crippen molar-refractivity contribution in [2.24, 2.45) is 5.11 Å². The molecule has 2 atom stereocenters. The number of aromatic nitrogens is 1. The summed E-state index contributed by atoms with van der Waals surface area (Å²) in [5.74, 6) is -0.724. The molecular formula is C21H20F3N7O. The molecule has 1 aliphatic rings. The Bertz CT molecular complexity index is 1140. The summed E-state index contributed by atoms with van der Waals surface area (Å²) in [6, 6.07) is 7.60. The van der Waals surface area contributed by atoms with Crippen molar-refractivity contribution in [3.05, 3.63) is 63.2 Å². The molecule has 1 amide bonds. The van der Waals surface area contributed by atoms with Crippen molar-refractivity contribution in [3.8, 4) is 6.07 Å². The van der Waals surface area contributed by atoms with Crippen LogP contribution in [0.2, 0.25) is 0 Å². The van der Waals surface area contributed by atoms with E-state index in [0.717, 1.165) is 11.6 Å². The van der Waals surface area contributed by atoms with Crippen LogP contribution in [0, 0.1) is 25.2 Å². The topological polar surface area (TPSA) is 109 Å². The maximum Gasteiger partial charge on any atom is 0.417 e. The highest BCUT2D eigenvalue weighted by atomic mass is 19.4. The van der Waals surface area contributed by atoms with Crippen LogP contribution >= 0.6 is 0 Å². The second-order valence-electron chi connectivity index (χ2n) is 7.55. The summed E-state index contributed by atoms with van der Waals surface area (Å²) in [6.45, 7) is 3.35. The summed E-state index contributed by atoms with van der Waals surface area (Å²) in [7, 11) is 1.54. The number of halogens is 3. The molecule has 1 aromatic heterocycles. The smallest absolute Gasteiger partial charge is 0.343 e. The molecule has 0 unspecified atom stereocenters. The van der Waals surface area contributed by atoms with Gasteiger partial charge in [-0.25, -0.2) is 4.98 Å². The first-order valence-electron chi connectivity index (χ1n) is 9.72. The van der Waals surface area contributed by atoms with Gasteiger partial charge in [-0.15, -0.1) is 0 Å². The van der Waals surface area contributed by atoms with Gasteiger partial charge in [-0.1, -0.05) is 17.2 Å². The molecule has 0 spiro atoms. The first kappa shape index (κ1) is 22.9. The lowest BCUT2D eigenvalue weighted by Gasteiger charge is -2.31. The Morgan fingerprint density at radius 1 is 1.38 bits per heavy atom. The van der Waals surface area contributed by atoms with Crippen LogP contribution in [0.5, 0.6) is 0 Å². The van der Waals surface area contributed by atoms with E-state index in [1.807, 2.05) is 13.0 Å². The van der Waals surface area contributed by atoms with Crippen LogP contribution in [0.3, 0.4) is 0 Å². The molecule has 1 aliphatic heterocycles. The molecule has 0 saturated carbocycles. The molecule has 0 N–H and O–H groups in total. The van der Waals surface area contributed by atoms with Gasteiger partial charge >= 0.3 is 6.18 Å². The van der Waals surface area contributed by atoms with E-state index < -0.39 is 35.3 Å². The number of alkyl halides is 3. The minimum absolute atomic E-state index is 0.0526. The molecule has 1 aromatic carbocycles. The van der Waals surface area contributed by atoms with Gasteiger partial charge in [0.25, 0.3) is 0 Å². The predicted molar refractivity (Wildman–Crippen MR) is 112 cm³/mol. The monoisotopic (exact) mass is 443 g/mol. The van der Waals surface area contributed by atoms with Crippen molar-refractivity contribution in [2.45, 2.75) is 38.5 Å². The van der Waals surface area contributed by atoms with Gasteiger partial charge in [-0.05, 0) is 49.6 Å². The van der Waals surface area contributed by atoms with E-state index in [1.54, 1.807) is 24.3 Å². The summed E-state index contributed by atoms with van der Waals surface area (Å²) in [5.41, 5.74) is 8.73. The summed E-state index contributed by atoms with van der Waals surface area (Å²) in [6.07, 6.45) is -4.54. The number of benzene rings is 1. The number of amides is 1. The van der Waals surface area contributed by atoms with Crippen molar-refractivity contribution < 1.29 is 18.0 Å². The van der Waals surface area contributed by atoms with Gasteiger partial charge in [0, 0.05) is 29.9 Å². The van der Waals surface area contributed by atoms with Crippen LogP contribution in [0.25, 0.3) is 10.4 Å². The average Bonchev–Trinajstić information content (AvgIpc) is 3.15. The zero-order chi connectivity index (χ0) is 23.6. The number of azide groups is 1. The Hall–Kier alpha value is -3.77. The van der Waals surface area contributed by atoms with E-state index in [0.29, 0.717) is 5.69 Å². The van der Waals surface area contributed by atoms with E-state index in [1.165, 1.54) is 23.8 Å². The maximum atomic E-state index is 13.6. The number of anilines is 2. The fourth-order valence-corrected chi connectivity index (χ4v) is 3.86. The number of pyridine rings is 1. The quantitative estimate of drug-likeness (QED) is 0.393. The van der Waals surface area contributed by atoms with Crippen LogP contribution in [-0.2, 0) is 11.0 Å². The summed E-state index contributed by atoms with van der Waals surface area (Å²) >= 11 is 0. The molecule has 11 heteroatoms. The minimum atomic E-state index is -4.77. The Morgan fingerprint density at radius 2 is 2.09 bits per heavy atom. The van der Waals surface area contributed by atoms with Gasteiger partial charge in [-0.2, -0.15) is 18.4 Å². The van der Waals surface area contributed by atoms with Gasteiger partial charge in [-0.3, -0.25) is 4.79 Å². The third kappa shape index (κ3) is 4.31. The molecule has 2 aromatic rings. The van der Waals surface area contributed by atoms with Gasteiger partial charge < -0.3 is 9.80 Å². The zero-order valence-electron chi connectivity index (χ0n) is 17.6. The molecule has 166 valence electrons. The predicted octanol–water partition coefficient (Wildman–Crippen LogP) is 4.51. The fourth-order valence-electron chi connectivity index (χ4n) is 3.86. The largest absolute Gasteiger partial charge is 0.417 e. The Morgan fingerprint density at radius 3 is 2.69 bits per heavy atom. The molecule has 0 radical (unpaired) electrons. The van der Waals surface area contributed by atoms with E-state index in [4.69, 9.17) is 5.53 Å². The summed E-state index contributed by atoms with van der Waals surface area (Å²) in [5, 5.41) is 13.2. The molecule has 32 heavy (non-hydrogen) atoms. The van der Waals surface area contributed by atoms with Crippen molar-refractivity contribution >= 4 is 17.4 Å². The molecule has 8 nitrogen and oxygen atoms in total. The summed E-state index contributed by atoms with van der Waals surface area (Å²) in [4.78, 5) is 23.1. The number of nitriles is 1. The van der Waals surface area contributed by atoms with Gasteiger partial charge in [0.2, 0.25) is 5.91 Å². The highest BCUT2D eigenvalue weighted by Crippen LogP contribution is 2.38. The van der Waals surface area contributed by atoms with E-state index in [9.17, 15) is 23.2 Å². The van der Waals surface area contributed by atoms with Gasteiger partial charge in [0.05, 0.1) is 11.6 Å². The fraction of sp³-hybridized carbons (Fsp3) is 0.381. The van der Waals surface area contributed by atoms with Crippen LogP contribution < -0.4 is 9.80 Å². The van der Waals surface area contributed by atoms with Crippen molar-refractivity contribution in [1.82, 2.24) is 4.98 Å². The minimum Gasteiger partial charge on any atom is -0.343 e. The molecule has 3 rings (SSSR count). The van der Waals surface area contributed by atoms with Gasteiger partial charge in [0.1, 0.15) is 23.5 Å². The molecule has 2 heterocycles. The van der Waals surface area contributed by atoms with Crippen molar-refractivity contribution in [3.63, 3.8) is 0 Å². The first-order valence-corrected chi connectivity index (χ1v) is 9.72. The number of hydrogen-bond donors (Lipinski definition) is 0. The second-order valence-corrected chi connectivity index (χ2v) is 7.55. The van der Waals surface area contributed by atoms with E-state index in [2.05, 4.69) is 15.0 Å². The van der Waals surface area contributed by atoms with Crippen LogP contribution in [0.1, 0.15) is 28.8 Å². The number of hydrogen-bond acceptors (Lipinski definition) is 5. The Labute approximate surface area is 182 Å². The standard InChI is InChI=1S/C21H20F3N7O/c1-12-5-4-6-14(9-12)30(3)20(32)18-17(28-29-26)7-8-31(18)19-15(11-25)16(21(22,23)24)10-13(2)27-19/h4-6,9-10,17-18H,7-8H2,1-3H3/t17-,18+/m1/s1. The van der Waals surface area contributed by atoms with Gasteiger partial charge in [0.15, 0.2) is 0 Å². The number of likely N-dealkylation sites (N-methyl/N-ethyl adjacent to an activating group) is 1. The summed E-state index contributed by atoms with van der Waals surface area (Å²) < 4.78 is 40.8. The van der Waals surface area contributed by atoms with Crippen LogP contribution in [0.15, 0.2) is 35.4 Å². The lowest BCUT2D eigenvalue weighted by Crippen LogP contribution is -2.49. The lowest BCUT2D eigenvalue weighted by molar-refractivity contribution is -0.137. The maximum absolute atomic E-state index is 13.6. The number of aryl methyl sites for hydroxylation is 2. The molecule has 0 bridgehead atoms. The third-order valence-corrected chi connectivity index (χ3v) is 5.36. The highest BCUT2D eigenvalue weighted by Gasteiger charge is 2.44. The normalized spacial score (nSPS) is 18.1. The van der Waals surface area contributed by atoms with Crippen molar-refractivity contribution in [2.75, 3.05) is 23.4 Å². The molecule has 0 aliphatic carbocycles. The zero-order valence-corrected chi connectivity index (χ0v) is 17.6. The van der Waals surface area contributed by atoms with Crippen LogP contribution in [0.4, 0.5) is 24.7 Å². The SMILES string of the molecule is Cc1cccc(N(C)C(=O)[C@@H]2[C@H](N=[N+]=[N-])CCN2c2nc(C)cc(C(F)(F)F)c2C#N)c1. The highest BCUT2D eigenvalue weighted by molar-refractivity contribution is 5.99. The Balaban J connectivity index is 2.12. The lowest BCUT2D eigenvalue weighted by atomic mass is 10.1. The van der Waals surface area contributed by atoms with Crippen molar-refractivity contribution in [1.29, 1.82) is 5.26 Å². The van der Waals surface area contributed by atoms with E-state index in [-0.39, 0.29) is 24.5 Å². The second kappa shape index (κ2) is 8.77. The van der Waals surface area contributed by atoms with Crippen LogP contribution in [-0.4, -0.2) is 36.6 Å². The third-order valence-electron chi connectivity index (χ3n) is 5.36. The first-order chi connectivity index (χ1) is 15.1. The molecule has 1 fully saturated rings. The number of carbonyl (C=O) groups is 1. The average molecular weight is 443 g/mol. The molecular weight excluding hydrogens is 423 g/mol. The molecule has 1 saturated heterocycles. The van der Waals surface area contributed by atoms with E-state index >= 15 is 0 Å². The number of nitrogens with zero attached hydrogens (tertiary/aromatic N) is 7. The number of carbonyl (C=O) groups excluding carboxylic acids is 1. The number of rotatable bonds is 4.